The van der Waals surface area contributed by atoms with Gasteiger partial charge in [0.25, 0.3) is 0 Å². The molecular weight excluding hydrogens is 366 g/mol. The first-order valence-corrected chi connectivity index (χ1v) is 10.4. The van der Waals surface area contributed by atoms with Crippen LogP contribution in [0.25, 0.3) is 0 Å². The molecule has 0 unspecified atom stereocenters. The van der Waals surface area contributed by atoms with Crippen LogP contribution in [0.1, 0.15) is 4.88 Å². The molecule has 1 N–H and O–H groups in total. The Morgan fingerprint density at radius 3 is 2.74 bits per heavy atom. The summed E-state index contributed by atoms with van der Waals surface area (Å²) in [5.74, 6) is 1.18. The van der Waals surface area contributed by atoms with Gasteiger partial charge in [-0.3, -0.25) is 10.1 Å². The van der Waals surface area contributed by atoms with E-state index < -0.39 is 0 Å². The molecule has 0 spiro atoms. The Bertz CT molecular complexity index is 743. The predicted octanol–water partition coefficient (Wildman–Crippen LogP) is 4.62. The summed E-state index contributed by atoms with van der Waals surface area (Å²) in [7, 11) is 0. The molecule has 4 nitrogen and oxygen atoms in total. The molecule has 2 aromatic heterocycles. The predicted molar refractivity (Wildman–Crippen MR) is 99.6 cm³/mol. The van der Waals surface area contributed by atoms with E-state index in [1.165, 1.54) is 28.0 Å². The average molecular weight is 380 g/mol. The lowest BCUT2D eigenvalue weighted by atomic mass is 10.4. The summed E-state index contributed by atoms with van der Waals surface area (Å²) in [6.45, 7) is 0. The van der Waals surface area contributed by atoms with Gasteiger partial charge in [-0.1, -0.05) is 47.4 Å². The average Bonchev–Trinajstić information content (AvgIpc) is 3.23. The van der Waals surface area contributed by atoms with E-state index in [4.69, 9.17) is 0 Å². The minimum absolute atomic E-state index is 0.0650. The zero-order valence-corrected chi connectivity index (χ0v) is 15.2. The number of carbonyl (C=O) groups is 1. The molecule has 0 radical (unpaired) electrons. The van der Waals surface area contributed by atoms with E-state index in [0.717, 1.165) is 15.0 Å². The van der Waals surface area contributed by atoms with Crippen LogP contribution in [-0.4, -0.2) is 21.9 Å². The lowest BCUT2D eigenvalue weighted by molar-refractivity contribution is -0.113. The van der Waals surface area contributed by atoms with Crippen LogP contribution in [0.15, 0.2) is 57.1 Å². The number of nitrogens with zero attached hydrogens (tertiary/aromatic N) is 2. The SMILES string of the molecule is O=C(CSc1ccccc1)Nc1nnc(SCc2cccs2)s1. The molecule has 0 saturated carbocycles. The van der Waals surface area contributed by atoms with Crippen molar-refractivity contribution in [3.05, 3.63) is 52.7 Å². The maximum atomic E-state index is 11.9. The first-order valence-electron chi connectivity index (χ1n) is 6.76. The number of carbonyl (C=O) groups excluding carboxylic acids is 1. The molecule has 0 aliphatic heterocycles. The number of nitrogens with one attached hydrogen (secondary N) is 1. The summed E-state index contributed by atoms with van der Waals surface area (Å²) < 4.78 is 0.865. The van der Waals surface area contributed by atoms with Crippen molar-refractivity contribution in [3.8, 4) is 0 Å². The summed E-state index contributed by atoms with van der Waals surface area (Å²) in [5.41, 5.74) is 0. The summed E-state index contributed by atoms with van der Waals surface area (Å²) in [6, 6.07) is 14.0. The number of amides is 1. The van der Waals surface area contributed by atoms with Gasteiger partial charge in [0, 0.05) is 15.5 Å². The van der Waals surface area contributed by atoms with E-state index in [1.54, 1.807) is 23.1 Å². The Morgan fingerprint density at radius 1 is 1.09 bits per heavy atom. The highest BCUT2D eigenvalue weighted by atomic mass is 32.2. The molecule has 3 aromatic rings. The molecule has 0 bridgehead atoms. The van der Waals surface area contributed by atoms with Crippen LogP contribution in [0.3, 0.4) is 0 Å². The van der Waals surface area contributed by atoms with E-state index in [0.29, 0.717) is 10.9 Å². The third-order valence-electron chi connectivity index (χ3n) is 2.68. The Hall–Kier alpha value is -1.35. The third kappa shape index (κ3) is 5.35. The molecule has 0 aliphatic rings. The number of thiophene rings is 1. The highest BCUT2D eigenvalue weighted by Gasteiger charge is 2.09. The van der Waals surface area contributed by atoms with Gasteiger partial charge in [-0.05, 0) is 23.6 Å². The van der Waals surface area contributed by atoms with Crippen LogP contribution in [0, 0.1) is 0 Å². The maximum Gasteiger partial charge on any atom is 0.236 e. The fourth-order valence-corrected chi connectivity index (χ4v) is 4.93. The fourth-order valence-electron chi connectivity index (χ4n) is 1.67. The van der Waals surface area contributed by atoms with Crippen LogP contribution in [-0.2, 0) is 10.5 Å². The Morgan fingerprint density at radius 2 is 1.96 bits per heavy atom. The number of rotatable bonds is 7. The number of hydrogen-bond donors (Lipinski definition) is 1. The van der Waals surface area contributed by atoms with Gasteiger partial charge < -0.3 is 0 Å². The number of thioether (sulfide) groups is 2. The third-order valence-corrected chi connectivity index (χ3v) is 6.78. The van der Waals surface area contributed by atoms with Gasteiger partial charge in [0.15, 0.2) is 4.34 Å². The van der Waals surface area contributed by atoms with Crippen molar-refractivity contribution in [2.24, 2.45) is 0 Å². The number of aromatic nitrogens is 2. The molecule has 0 atom stereocenters. The van der Waals surface area contributed by atoms with Gasteiger partial charge in [-0.25, -0.2) is 0 Å². The second-order valence-corrected chi connectivity index (χ2v) is 8.67. The lowest BCUT2D eigenvalue weighted by Gasteiger charge is -2.01. The summed E-state index contributed by atoms with van der Waals surface area (Å²) in [4.78, 5) is 14.3. The summed E-state index contributed by atoms with van der Waals surface area (Å²) >= 11 is 6.27. The zero-order valence-electron chi connectivity index (χ0n) is 12.0. The zero-order chi connectivity index (χ0) is 15.9. The summed E-state index contributed by atoms with van der Waals surface area (Å²) in [5, 5.41) is 13.5. The van der Waals surface area contributed by atoms with E-state index in [2.05, 4.69) is 27.0 Å². The summed E-state index contributed by atoms with van der Waals surface area (Å²) in [6.07, 6.45) is 0. The lowest BCUT2D eigenvalue weighted by Crippen LogP contribution is -2.13. The van der Waals surface area contributed by atoms with Crippen LogP contribution in [0.2, 0.25) is 0 Å². The molecule has 0 saturated heterocycles. The second kappa shape index (κ2) is 8.49. The van der Waals surface area contributed by atoms with Crippen molar-refractivity contribution in [3.63, 3.8) is 0 Å². The topological polar surface area (TPSA) is 54.9 Å². The highest BCUT2D eigenvalue weighted by molar-refractivity contribution is 8.00. The Balaban J connectivity index is 1.45. The van der Waals surface area contributed by atoms with Gasteiger partial charge in [-0.2, -0.15) is 0 Å². The molecule has 3 rings (SSSR count). The quantitative estimate of drug-likeness (QED) is 0.479. The van der Waals surface area contributed by atoms with Crippen LogP contribution >= 0.6 is 46.2 Å². The van der Waals surface area contributed by atoms with Gasteiger partial charge in [0.05, 0.1) is 5.75 Å². The Kier molecular flexibility index (Phi) is 6.09. The van der Waals surface area contributed by atoms with Crippen LogP contribution < -0.4 is 5.32 Å². The van der Waals surface area contributed by atoms with Crippen molar-refractivity contribution < 1.29 is 4.79 Å². The van der Waals surface area contributed by atoms with Crippen molar-refractivity contribution in [2.75, 3.05) is 11.1 Å². The number of anilines is 1. The largest absolute Gasteiger partial charge is 0.300 e. The van der Waals surface area contributed by atoms with Crippen LogP contribution in [0.4, 0.5) is 5.13 Å². The highest BCUT2D eigenvalue weighted by Crippen LogP contribution is 2.29. The van der Waals surface area contributed by atoms with E-state index >= 15 is 0 Å². The standard InChI is InChI=1S/C15H13N3OS4/c19-13(10-21-11-5-2-1-3-6-11)16-14-17-18-15(23-14)22-9-12-7-4-8-20-12/h1-8H,9-10H2,(H,16,17,19). The molecule has 1 aromatic carbocycles. The maximum absolute atomic E-state index is 11.9. The second-order valence-electron chi connectivity index (χ2n) is 4.39. The minimum Gasteiger partial charge on any atom is -0.300 e. The molecule has 2 heterocycles. The van der Waals surface area contributed by atoms with Gasteiger partial charge in [0.1, 0.15) is 0 Å². The van der Waals surface area contributed by atoms with Gasteiger partial charge >= 0.3 is 0 Å². The minimum atomic E-state index is -0.0650. The molecule has 118 valence electrons. The molecule has 8 heteroatoms. The van der Waals surface area contributed by atoms with Crippen LogP contribution in [0.5, 0.6) is 0 Å². The van der Waals surface area contributed by atoms with E-state index in [1.807, 2.05) is 36.4 Å². The number of benzene rings is 1. The first kappa shape index (κ1) is 16.5. The van der Waals surface area contributed by atoms with E-state index in [9.17, 15) is 4.79 Å². The number of hydrogen-bond acceptors (Lipinski definition) is 7. The van der Waals surface area contributed by atoms with Gasteiger partial charge in [-0.15, -0.1) is 33.3 Å². The molecule has 0 aliphatic carbocycles. The van der Waals surface area contributed by atoms with Crippen molar-refractivity contribution in [2.45, 2.75) is 15.0 Å². The smallest absolute Gasteiger partial charge is 0.236 e. The normalized spacial score (nSPS) is 10.6. The van der Waals surface area contributed by atoms with Gasteiger partial charge in [0.2, 0.25) is 11.0 Å². The van der Waals surface area contributed by atoms with E-state index in [-0.39, 0.29) is 5.91 Å². The monoisotopic (exact) mass is 379 g/mol. The Labute approximate surface area is 150 Å². The van der Waals surface area contributed by atoms with Crippen molar-refractivity contribution in [1.82, 2.24) is 10.2 Å². The molecule has 0 fully saturated rings. The molecular formula is C15H13N3OS4. The van der Waals surface area contributed by atoms with Crippen molar-refractivity contribution in [1.29, 1.82) is 0 Å². The molecule has 1 amide bonds. The fraction of sp³-hybridized carbons (Fsp3) is 0.133. The van der Waals surface area contributed by atoms with Crippen molar-refractivity contribution >= 4 is 57.2 Å². The first-order chi connectivity index (χ1) is 11.3. The molecule has 23 heavy (non-hydrogen) atoms.